The summed E-state index contributed by atoms with van der Waals surface area (Å²) in [6, 6.07) is 8.61. The van der Waals surface area contributed by atoms with Gasteiger partial charge in [-0.25, -0.2) is 0 Å². The molecule has 3 nitrogen and oxygen atoms in total. The normalized spacial score (nSPS) is 23.9. The first-order chi connectivity index (χ1) is 9.28. The molecular weight excluding hydrogens is 234 g/mol. The van der Waals surface area contributed by atoms with Crippen LogP contribution in [0.3, 0.4) is 0 Å². The summed E-state index contributed by atoms with van der Waals surface area (Å²) in [5.41, 5.74) is 2.55. The van der Waals surface area contributed by atoms with Crippen molar-refractivity contribution in [2.45, 2.75) is 33.2 Å². The second-order valence-corrected chi connectivity index (χ2v) is 5.85. The van der Waals surface area contributed by atoms with Crippen LogP contribution in [-0.4, -0.2) is 22.9 Å². The highest BCUT2D eigenvalue weighted by Gasteiger charge is 2.21. The Bertz CT molecular complexity index is 558. The van der Waals surface area contributed by atoms with Crippen molar-refractivity contribution in [3.8, 4) is 0 Å². The number of rotatable bonds is 3. The number of aromatic nitrogens is 2. The molecule has 2 aromatic rings. The standard InChI is InChI=1S/C16H23N3/c1-3-19-16-7-5-4-6-14(16)15(18-19)9-13-8-12(2)10-17-11-13/h4-7,12-13,17H,3,8-11H2,1-2H3. The van der Waals surface area contributed by atoms with Crippen molar-refractivity contribution in [3.05, 3.63) is 30.0 Å². The van der Waals surface area contributed by atoms with Crippen LogP contribution < -0.4 is 5.32 Å². The molecule has 19 heavy (non-hydrogen) atoms. The highest BCUT2D eigenvalue weighted by Crippen LogP contribution is 2.24. The summed E-state index contributed by atoms with van der Waals surface area (Å²) in [5, 5.41) is 9.69. The maximum absolute atomic E-state index is 4.82. The van der Waals surface area contributed by atoms with Gasteiger partial charge in [0.1, 0.15) is 0 Å². The van der Waals surface area contributed by atoms with Crippen LogP contribution >= 0.6 is 0 Å². The maximum atomic E-state index is 4.82. The lowest BCUT2D eigenvalue weighted by molar-refractivity contribution is 0.300. The van der Waals surface area contributed by atoms with Crippen molar-refractivity contribution in [1.82, 2.24) is 15.1 Å². The predicted molar refractivity (Wildman–Crippen MR) is 79.3 cm³/mol. The van der Waals surface area contributed by atoms with Crippen LogP contribution in [0.25, 0.3) is 10.9 Å². The molecule has 0 saturated carbocycles. The Balaban J connectivity index is 1.88. The van der Waals surface area contributed by atoms with E-state index in [9.17, 15) is 0 Å². The molecule has 0 amide bonds. The monoisotopic (exact) mass is 257 g/mol. The zero-order chi connectivity index (χ0) is 13.2. The Hall–Kier alpha value is -1.35. The number of nitrogens with zero attached hydrogens (tertiary/aromatic N) is 2. The van der Waals surface area contributed by atoms with Crippen LogP contribution in [0.5, 0.6) is 0 Å². The van der Waals surface area contributed by atoms with Crippen molar-refractivity contribution in [3.63, 3.8) is 0 Å². The molecule has 3 rings (SSSR count). The van der Waals surface area contributed by atoms with Gasteiger partial charge in [-0.3, -0.25) is 4.68 Å². The second kappa shape index (κ2) is 5.33. The fraction of sp³-hybridized carbons (Fsp3) is 0.562. The van der Waals surface area contributed by atoms with E-state index in [4.69, 9.17) is 5.10 Å². The van der Waals surface area contributed by atoms with Crippen LogP contribution in [0.2, 0.25) is 0 Å². The lowest BCUT2D eigenvalue weighted by atomic mass is 9.88. The average molecular weight is 257 g/mol. The Morgan fingerprint density at radius 1 is 1.32 bits per heavy atom. The van der Waals surface area contributed by atoms with E-state index in [0.717, 1.165) is 31.3 Å². The number of aryl methyl sites for hydroxylation is 1. The first-order valence-electron chi connectivity index (χ1n) is 7.43. The molecule has 1 saturated heterocycles. The second-order valence-electron chi connectivity index (χ2n) is 5.85. The fourth-order valence-corrected chi connectivity index (χ4v) is 3.29. The SMILES string of the molecule is CCn1nc(CC2CNCC(C)C2)c2ccccc21. The molecule has 102 valence electrons. The van der Waals surface area contributed by atoms with Crippen LogP contribution in [0.15, 0.2) is 24.3 Å². The molecule has 1 aliphatic rings. The van der Waals surface area contributed by atoms with Crippen LogP contribution in [0.1, 0.15) is 26.0 Å². The number of piperidine rings is 1. The van der Waals surface area contributed by atoms with Crippen molar-refractivity contribution in [1.29, 1.82) is 0 Å². The molecule has 1 N–H and O–H groups in total. The topological polar surface area (TPSA) is 29.9 Å². The minimum absolute atomic E-state index is 0.729. The summed E-state index contributed by atoms with van der Waals surface area (Å²) < 4.78 is 2.13. The van der Waals surface area contributed by atoms with Gasteiger partial charge in [-0.15, -0.1) is 0 Å². The van der Waals surface area contributed by atoms with Crippen LogP contribution in [0.4, 0.5) is 0 Å². The molecule has 2 heterocycles. The molecule has 2 unspecified atom stereocenters. The van der Waals surface area contributed by atoms with Gasteiger partial charge in [-0.05, 0) is 50.8 Å². The summed E-state index contributed by atoms with van der Waals surface area (Å²) in [5.74, 6) is 1.52. The molecule has 1 aromatic carbocycles. The molecule has 3 heteroatoms. The third-order valence-electron chi connectivity index (χ3n) is 4.18. The predicted octanol–water partition coefficient (Wildman–Crippen LogP) is 2.84. The molecule has 0 aliphatic carbocycles. The first kappa shape index (κ1) is 12.7. The number of hydrogen-bond donors (Lipinski definition) is 1. The highest BCUT2D eigenvalue weighted by atomic mass is 15.3. The number of fused-ring (bicyclic) bond motifs is 1. The molecule has 1 aliphatic heterocycles. The van der Waals surface area contributed by atoms with E-state index in [-0.39, 0.29) is 0 Å². The van der Waals surface area contributed by atoms with Crippen molar-refractivity contribution >= 4 is 10.9 Å². The molecule has 1 aromatic heterocycles. The Kier molecular flexibility index (Phi) is 3.56. The van der Waals surface area contributed by atoms with Gasteiger partial charge in [0, 0.05) is 11.9 Å². The zero-order valence-corrected chi connectivity index (χ0v) is 11.9. The Morgan fingerprint density at radius 3 is 2.95 bits per heavy atom. The number of nitrogens with one attached hydrogen (secondary N) is 1. The summed E-state index contributed by atoms with van der Waals surface area (Å²) in [4.78, 5) is 0. The van der Waals surface area contributed by atoms with Gasteiger partial charge in [0.15, 0.2) is 0 Å². The van der Waals surface area contributed by atoms with Crippen LogP contribution in [-0.2, 0) is 13.0 Å². The summed E-state index contributed by atoms with van der Waals surface area (Å²) >= 11 is 0. The van der Waals surface area contributed by atoms with Gasteiger partial charge in [0.25, 0.3) is 0 Å². The summed E-state index contributed by atoms with van der Waals surface area (Å²) in [7, 11) is 0. The van der Waals surface area contributed by atoms with Crippen molar-refractivity contribution < 1.29 is 0 Å². The van der Waals surface area contributed by atoms with Gasteiger partial charge in [-0.2, -0.15) is 5.10 Å². The van der Waals surface area contributed by atoms with Gasteiger partial charge in [-0.1, -0.05) is 25.1 Å². The van der Waals surface area contributed by atoms with Crippen molar-refractivity contribution in [2.24, 2.45) is 11.8 Å². The minimum Gasteiger partial charge on any atom is -0.316 e. The molecular formula is C16H23N3. The largest absolute Gasteiger partial charge is 0.316 e. The van der Waals surface area contributed by atoms with Crippen LogP contribution in [0, 0.1) is 11.8 Å². The molecule has 0 spiro atoms. The van der Waals surface area contributed by atoms with Gasteiger partial charge in [0.05, 0.1) is 11.2 Å². The van der Waals surface area contributed by atoms with E-state index in [2.05, 4.69) is 48.1 Å². The summed E-state index contributed by atoms with van der Waals surface area (Å²) in [6.07, 6.45) is 2.42. The quantitative estimate of drug-likeness (QED) is 0.916. The minimum atomic E-state index is 0.729. The smallest absolute Gasteiger partial charge is 0.0706 e. The average Bonchev–Trinajstić information content (AvgIpc) is 2.77. The Labute approximate surface area is 115 Å². The molecule has 1 fully saturated rings. The summed E-state index contributed by atoms with van der Waals surface area (Å²) in [6.45, 7) is 7.74. The number of para-hydroxylation sites is 1. The van der Waals surface area contributed by atoms with E-state index in [1.807, 2.05) is 0 Å². The number of hydrogen-bond acceptors (Lipinski definition) is 2. The van der Waals surface area contributed by atoms with E-state index in [0.29, 0.717) is 0 Å². The molecule has 0 bridgehead atoms. The highest BCUT2D eigenvalue weighted by molar-refractivity contribution is 5.81. The third kappa shape index (κ3) is 2.52. The lowest BCUT2D eigenvalue weighted by Gasteiger charge is -2.27. The molecule has 0 radical (unpaired) electrons. The zero-order valence-electron chi connectivity index (χ0n) is 11.9. The van der Waals surface area contributed by atoms with Crippen molar-refractivity contribution in [2.75, 3.05) is 13.1 Å². The fourth-order valence-electron chi connectivity index (χ4n) is 3.29. The van der Waals surface area contributed by atoms with E-state index in [1.165, 1.54) is 29.6 Å². The van der Waals surface area contributed by atoms with Gasteiger partial charge >= 0.3 is 0 Å². The number of benzene rings is 1. The van der Waals surface area contributed by atoms with Gasteiger partial charge in [0.2, 0.25) is 0 Å². The van der Waals surface area contributed by atoms with E-state index < -0.39 is 0 Å². The van der Waals surface area contributed by atoms with E-state index >= 15 is 0 Å². The van der Waals surface area contributed by atoms with Gasteiger partial charge < -0.3 is 5.32 Å². The third-order valence-corrected chi connectivity index (χ3v) is 4.18. The Morgan fingerprint density at radius 2 is 2.16 bits per heavy atom. The lowest BCUT2D eigenvalue weighted by Crippen LogP contribution is -2.36. The maximum Gasteiger partial charge on any atom is 0.0706 e. The molecule has 2 atom stereocenters. The first-order valence-corrected chi connectivity index (χ1v) is 7.43. The van der Waals surface area contributed by atoms with E-state index in [1.54, 1.807) is 0 Å².